The van der Waals surface area contributed by atoms with Gasteiger partial charge in [0.2, 0.25) is 0 Å². The average molecular weight is 364 g/mol. The van der Waals surface area contributed by atoms with Gasteiger partial charge in [-0.15, -0.1) is 0 Å². The number of hydrogen-bond acceptors (Lipinski definition) is 3. The predicted molar refractivity (Wildman–Crippen MR) is 102 cm³/mol. The molecular formula is C20H18ClN5. The number of nitrogens with one attached hydrogen (secondary N) is 2. The summed E-state index contributed by atoms with van der Waals surface area (Å²) in [6.07, 6.45) is 2.72. The molecule has 0 fully saturated rings. The Kier molecular flexibility index (Phi) is 3.76. The first-order chi connectivity index (χ1) is 12.8. The minimum Gasteiger partial charge on any atom is -0.348 e. The quantitative estimate of drug-likeness (QED) is 0.583. The fourth-order valence-corrected chi connectivity index (χ4v) is 3.91. The van der Waals surface area contributed by atoms with Crippen molar-refractivity contribution in [1.29, 1.82) is 0 Å². The normalized spacial score (nSPS) is 16.7. The van der Waals surface area contributed by atoms with Crippen LogP contribution in [0.4, 0.5) is 0 Å². The molecule has 2 aromatic heterocycles. The summed E-state index contributed by atoms with van der Waals surface area (Å²) < 4.78 is 2.25. The lowest BCUT2D eigenvalue weighted by Gasteiger charge is -2.23. The largest absolute Gasteiger partial charge is 0.348 e. The second-order valence-corrected chi connectivity index (χ2v) is 6.95. The molecule has 0 amide bonds. The second-order valence-electron chi connectivity index (χ2n) is 6.54. The topological polar surface area (TPSA) is 58.5 Å². The molecule has 130 valence electrons. The number of aromatic amines is 1. The zero-order valence-corrected chi connectivity index (χ0v) is 14.9. The van der Waals surface area contributed by atoms with Crippen molar-refractivity contribution in [2.45, 2.75) is 19.0 Å². The van der Waals surface area contributed by atoms with Crippen molar-refractivity contribution in [2.24, 2.45) is 0 Å². The number of benzene rings is 2. The van der Waals surface area contributed by atoms with E-state index in [2.05, 4.69) is 38.1 Å². The number of halogens is 1. The Morgan fingerprint density at radius 1 is 1.12 bits per heavy atom. The summed E-state index contributed by atoms with van der Waals surface area (Å²) in [5.41, 5.74) is 5.39. The van der Waals surface area contributed by atoms with Crippen LogP contribution in [0.2, 0.25) is 5.02 Å². The highest BCUT2D eigenvalue weighted by Gasteiger charge is 2.28. The number of imidazole rings is 2. The Morgan fingerprint density at radius 3 is 2.88 bits per heavy atom. The number of para-hydroxylation sites is 2. The van der Waals surface area contributed by atoms with Crippen LogP contribution in [0, 0.1) is 0 Å². The number of fused-ring (bicyclic) bond motifs is 2. The number of rotatable bonds is 3. The highest BCUT2D eigenvalue weighted by Crippen LogP contribution is 2.30. The molecule has 1 aliphatic rings. The fourth-order valence-electron chi connectivity index (χ4n) is 3.71. The van der Waals surface area contributed by atoms with Gasteiger partial charge in [-0.25, -0.2) is 9.97 Å². The van der Waals surface area contributed by atoms with Gasteiger partial charge in [-0.05, 0) is 23.8 Å². The first-order valence-corrected chi connectivity index (χ1v) is 9.13. The van der Waals surface area contributed by atoms with E-state index in [1.54, 1.807) is 6.33 Å². The molecule has 1 atom stereocenters. The number of nitrogens with zero attached hydrogens (tertiary/aromatic N) is 3. The van der Waals surface area contributed by atoms with Gasteiger partial charge in [0, 0.05) is 23.7 Å². The van der Waals surface area contributed by atoms with E-state index in [0.29, 0.717) is 6.54 Å². The Morgan fingerprint density at radius 2 is 1.96 bits per heavy atom. The lowest BCUT2D eigenvalue weighted by Crippen LogP contribution is -2.32. The molecule has 0 aliphatic carbocycles. The van der Waals surface area contributed by atoms with E-state index >= 15 is 0 Å². The van der Waals surface area contributed by atoms with Crippen LogP contribution in [0.1, 0.15) is 28.8 Å². The molecule has 0 unspecified atom stereocenters. The third-order valence-electron chi connectivity index (χ3n) is 4.98. The lowest BCUT2D eigenvalue weighted by molar-refractivity contribution is 0.514. The molecule has 5 nitrogen and oxygen atoms in total. The Labute approximate surface area is 156 Å². The van der Waals surface area contributed by atoms with Gasteiger partial charge in [0.05, 0.1) is 29.6 Å². The molecule has 6 heteroatoms. The van der Waals surface area contributed by atoms with Crippen LogP contribution in [-0.2, 0) is 13.0 Å². The number of aromatic nitrogens is 4. The number of H-pyrrole nitrogens is 1. The molecule has 0 bridgehead atoms. The van der Waals surface area contributed by atoms with E-state index < -0.39 is 0 Å². The molecule has 3 heterocycles. The summed E-state index contributed by atoms with van der Waals surface area (Å²) in [4.78, 5) is 12.8. The van der Waals surface area contributed by atoms with Crippen LogP contribution in [0.15, 0.2) is 54.9 Å². The Balaban J connectivity index is 1.68. The highest BCUT2D eigenvalue weighted by molar-refractivity contribution is 6.31. The zero-order valence-electron chi connectivity index (χ0n) is 14.1. The summed E-state index contributed by atoms with van der Waals surface area (Å²) in [5.74, 6) is 0.971. The second kappa shape index (κ2) is 6.27. The molecule has 1 aliphatic heterocycles. The SMILES string of the molecule is Clc1ccccc1Cn1c([C@H]2NCCc3[nH]cnc32)nc2ccccc21. The fraction of sp³-hybridized carbons (Fsp3) is 0.200. The molecule has 26 heavy (non-hydrogen) atoms. The van der Waals surface area contributed by atoms with Crippen LogP contribution in [0.3, 0.4) is 0 Å². The summed E-state index contributed by atoms with van der Waals surface area (Å²) in [7, 11) is 0. The Bertz CT molecular complexity index is 1080. The maximum atomic E-state index is 6.43. The maximum absolute atomic E-state index is 6.43. The van der Waals surface area contributed by atoms with Gasteiger partial charge in [0.25, 0.3) is 0 Å². The van der Waals surface area contributed by atoms with Crippen LogP contribution in [0.25, 0.3) is 11.0 Å². The van der Waals surface area contributed by atoms with Gasteiger partial charge in [-0.1, -0.05) is 41.9 Å². The van der Waals surface area contributed by atoms with E-state index in [4.69, 9.17) is 16.6 Å². The van der Waals surface area contributed by atoms with Crippen molar-refractivity contribution in [3.8, 4) is 0 Å². The van der Waals surface area contributed by atoms with Gasteiger partial charge >= 0.3 is 0 Å². The zero-order chi connectivity index (χ0) is 17.5. The highest BCUT2D eigenvalue weighted by atomic mass is 35.5. The molecule has 2 aromatic carbocycles. The molecule has 4 aromatic rings. The van der Waals surface area contributed by atoms with E-state index in [1.165, 1.54) is 5.69 Å². The molecular weight excluding hydrogens is 346 g/mol. The van der Waals surface area contributed by atoms with Gasteiger partial charge < -0.3 is 14.9 Å². The van der Waals surface area contributed by atoms with Gasteiger partial charge in [-0.3, -0.25) is 0 Å². The number of hydrogen-bond donors (Lipinski definition) is 2. The lowest BCUT2D eigenvalue weighted by atomic mass is 10.0. The van der Waals surface area contributed by atoms with E-state index in [0.717, 1.165) is 46.1 Å². The molecule has 0 saturated heterocycles. The van der Waals surface area contributed by atoms with E-state index in [9.17, 15) is 0 Å². The monoisotopic (exact) mass is 363 g/mol. The minimum atomic E-state index is -0.0279. The molecule has 5 rings (SSSR count). The van der Waals surface area contributed by atoms with Crippen LogP contribution < -0.4 is 5.32 Å². The summed E-state index contributed by atoms with van der Waals surface area (Å²) in [6, 6.07) is 16.2. The van der Waals surface area contributed by atoms with E-state index in [-0.39, 0.29) is 6.04 Å². The van der Waals surface area contributed by atoms with Gasteiger partial charge in [-0.2, -0.15) is 0 Å². The summed E-state index contributed by atoms with van der Waals surface area (Å²) in [5, 5.41) is 4.35. The van der Waals surface area contributed by atoms with E-state index in [1.807, 2.05) is 30.3 Å². The smallest absolute Gasteiger partial charge is 0.133 e. The van der Waals surface area contributed by atoms with Crippen molar-refractivity contribution in [1.82, 2.24) is 24.8 Å². The van der Waals surface area contributed by atoms with Gasteiger partial charge in [0.15, 0.2) is 0 Å². The van der Waals surface area contributed by atoms with Crippen molar-refractivity contribution >= 4 is 22.6 Å². The molecule has 0 saturated carbocycles. The Hall–Kier alpha value is -2.63. The van der Waals surface area contributed by atoms with Gasteiger partial charge in [0.1, 0.15) is 11.9 Å². The van der Waals surface area contributed by atoms with Crippen molar-refractivity contribution in [3.05, 3.63) is 82.7 Å². The molecule has 2 N–H and O–H groups in total. The van der Waals surface area contributed by atoms with Crippen molar-refractivity contribution in [2.75, 3.05) is 6.54 Å². The predicted octanol–water partition coefficient (Wildman–Crippen LogP) is 3.70. The van der Waals surface area contributed by atoms with Crippen LogP contribution in [0.5, 0.6) is 0 Å². The van der Waals surface area contributed by atoms with Crippen LogP contribution in [-0.4, -0.2) is 26.1 Å². The molecule has 0 radical (unpaired) electrons. The minimum absolute atomic E-state index is 0.0279. The average Bonchev–Trinajstić information content (AvgIpc) is 3.28. The van der Waals surface area contributed by atoms with Crippen molar-refractivity contribution < 1.29 is 0 Å². The summed E-state index contributed by atoms with van der Waals surface area (Å²) in [6.45, 7) is 1.57. The standard InChI is InChI=1S/C20H18ClN5/c21-14-6-2-1-5-13(14)11-26-17-8-4-3-7-15(17)25-20(26)19-18-16(9-10-22-19)23-12-24-18/h1-8,12,19,22H,9-11H2,(H,23,24)/t19-/m0/s1. The third kappa shape index (κ3) is 2.52. The first-order valence-electron chi connectivity index (χ1n) is 8.75. The maximum Gasteiger partial charge on any atom is 0.133 e. The first kappa shape index (κ1) is 15.6. The third-order valence-corrected chi connectivity index (χ3v) is 5.35. The molecule has 0 spiro atoms. The summed E-state index contributed by atoms with van der Waals surface area (Å²) >= 11 is 6.43. The van der Waals surface area contributed by atoms with Crippen molar-refractivity contribution in [3.63, 3.8) is 0 Å². The van der Waals surface area contributed by atoms with Crippen LogP contribution >= 0.6 is 11.6 Å².